The van der Waals surface area contributed by atoms with Crippen molar-refractivity contribution in [3.8, 4) is 5.75 Å². The van der Waals surface area contributed by atoms with Gasteiger partial charge in [-0.05, 0) is 42.3 Å². The van der Waals surface area contributed by atoms with E-state index in [0.717, 1.165) is 0 Å². The highest BCUT2D eigenvalue weighted by Crippen LogP contribution is 2.24. The van der Waals surface area contributed by atoms with Crippen LogP contribution in [0.1, 0.15) is 24.2 Å². The number of hydrogen-bond donors (Lipinski definition) is 3. The maximum Gasteiger partial charge on any atom is 0.340 e. The highest BCUT2D eigenvalue weighted by Gasteiger charge is 2.15. The number of rotatable bonds is 7. The van der Waals surface area contributed by atoms with E-state index in [2.05, 4.69) is 20.9 Å². The summed E-state index contributed by atoms with van der Waals surface area (Å²) >= 11 is 0. The first-order valence-corrected chi connectivity index (χ1v) is 8.89. The predicted octanol–water partition coefficient (Wildman–Crippen LogP) is 3.45. The van der Waals surface area contributed by atoms with Crippen molar-refractivity contribution in [3.63, 3.8) is 0 Å². The van der Waals surface area contributed by atoms with E-state index >= 15 is 0 Å². The highest BCUT2D eigenvalue weighted by atomic mass is 16.5. The summed E-state index contributed by atoms with van der Waals surface area (Å²) in [6.45, 7) is 3.64. The van der Waals surface area contributed by atoms with Gasteiger partial charge in [0.25, 0.3) is 5.91 Å². The molecule has 3 amide bonds. The minimum Gasteiger partial charge on any atom is -0.508 e. The number of nitrogens with one attached hydrogen (secondary N) is 2. The number of carbonyl (C=O) groups is 3. The van der Waals surface area contributed by atoms with Gasteiger partial charge in [0.05, 0.1) is 11.3 Å². The monoisotopic (exact) mass is 398 g/mol. The lowest BCUT2D eigenvalue weighted by atomic mass is 10.2. The van der Waals surface area contributed by atoms with E-state index in [1.54, 1.807) is 30.3 Å². The summed E-state index contributed by atoms with van der Waals surface area (Å²) in [5.41, 5.74) is 0.852. The minimum atomic E-state index is -0.775. The first kappa shape index (κ1) is 21.5. The maximum atomic E-state index is 12.3. The van der Waals surface area contributed by atoms with Crippen LogP contribution in [0.3, 0.4) is 0 Å². The zero-order valence-electron chi connectivity index (χ0n) is 16.1. The van der Waals surface area contributed by atoms with Gasteiger partial charge >= 0.3 is 12.0 Å². The quantitative estimate of drug-likeness (QED) is 0.486. The second-order valence-corrected chi connectivity index (χ2v) is 6.46. The van der Waals surface area contributed by atoms with Gasteiger partial charge in [0.15, 0.2) is 6.61 Å². The third-order valence-corrected chi connectivity index (χ3v) is 3.51. The number of urea groups is 1. The van der Waals surface area contributed by atoms with Crippen molar-refractivity contribution in [2.75, 3.05) is 13.2 Å². The number of azo groups is 1. The Morgan fingerprint density at radius 1 is 1.03 bits per heavy atom. The van der Waals surface area contributed by atoms with Crippen molar-refractivity contribution in [2.45, 2.75) is 13.8 Å². The van der Waals surface area contributed by atoms with Crippen LogP contribution in [0, 0.1) is 5.92 Å². The number of aromatic hydroxyl groups is 1. The zero-order valence-corrected chi connectivity index (χ0v) is 16.1. The molecule has 2 rings (SSSR count). The van der Waals surface area contributed by atoms with Crippen LogP contribution in [0.25, 0.3) is 0 Å². The number of carbonyl (C=O) groups excluding carboxylic acids is 3. The van der Waals surface area contributed by atoms with E-state index in [4.69, 9.17) is 4.74 Å². The summed E-state index contributed by atoms with van der Waals surface area (Å²) in [6, 6.07) is 11.8. The van der Waals surface area contributed by atoms with Crippen molar-refractivity contribution in [3.05, 3.63) is 54.1 Å². The Bertz CT molecular complexity index is 894. The fourth-order valence-corrected chi connectivity index (χ4v) is 2.08. The molecule has 0 bridgehead atoms. The van der Waals surface area contributed by atoms with E-state index in [-0.39, 0.29) is 22.9 Å². The van der Waals surface area contributed by atoms with Gasteiger partial charge in [-0.15, -0.1) is 5.11 Å². The molecule has 2 aromatic rings. The Hall–Kier alpha value is -3.75. The molecule has 0 heterocycles. The van der Waals surface area contributed by atoms with E-state index in [1.165, 1.54) is 18.2 Å². The Balaban J connectivity index is 1.94. The smallest absolute Gasteiger partial charge is 0.340 e. The second kappa shape index (κ2) is 10.5. The molecule has 0 aliphatic carbocycles. The number of phenols is 1. The summed E-state index contributed by atoms with van der Waals surface area (Å²) in [6.07, 6.45) is 0. The molecule has 29 heavy (non-hydrogen) atoms. The number of ether oxygens (including phenoxy) is 1. The molecule has 152 valence electrons. The molecule has 0 radical (unpaired) electrons. The van der Waals surface area contributed by atoms with Gasteiger partial charge in [-0.2, -0.15) is 5.11 Å². The largest absolute Gasteiger partial charge is 0.508 e. The minimum absolute atomic E-state index is 0.101. The van der Waals surface area contributed by atoms with Crippen LogP contribution in [-0.4, -0.2) is 36.2 Å². The molecular formula is C20H22N4O5. The molecule has 0 spiro atoms. The van der Waals surface area contributed by atoms with E-state index in [9.17, 15) is 19.5 Å². The highest BCUT2D eigenvalue weighted by molar-refractivity contribution is 5.98. The lowest BCUT2D eigenvalue weighted by Crippen LogP contribution is -2.42. The maximum absolute atomic E-state index is 12.3. The van der Waals surface area contributed by atoms with Crippen LogP contribution >= 0.6 is 0 Å². The molecule has 0 unspecified atom stereocenters. The van der Waals surface area contributed by atoms with Crippen molar-refractivity contribution < 1.29 is 24.2 Å². The van der Waals surface area contributed by atoms with E-state index in [0.29, 0.717) is 12.2 Å². The Labute approximate surface area is 167 Å². The van der Waals surface area contributed by atoms with Crippen LogP contribution < -0.4 is 10.6 Å². The number of esters is 1. The summed E-state index contributed by atoms with van der Waals surface area (Å²) in [4.78, 5) is 35.6. The Morgan fingerprint density at radius 3 is 2.41 bits per heavy atom. The lowest BCUT2D eigenvalue weighted by Gasteiger charge is -2.09. The van der Waals surface area contributed by atoms with Gasteiger partial charge in [0, 0.05) is 6.54 Å². The summed E-state index contributed by atoms with van der Waals surface area (Å²) < 4.78 is 4.96. The predicted molar refractivity (Wildman–Crippen MR) is 105 cm³/mol. The number of nitrogens with zero attached hydrogens (tertiary/aromatic N) is 2. The van der Waals surface area contributed by atoms with Crippen LogP contribution in [-0.2, 0) is 9.53 Å². The molecule has 0 aliphatic rings. The van der Waals surface area contributed by atoms with Gasteiger partial charge in [-0.1, -0.05) is 26.0 Å². The summed E-state index contributed by atoms with van der Waals surface area (Å²) in [5.74, 6) is -1.18. The third kappa shape index (κ3) is 7.41. The summed E-state index contributed by atoms with van der Waals surface area (Å²) in [7, 11) is 0. The van der Waals surface area contributed by atoms with Crippen molar-refractivity contribution in [1.82, 2.24) is 10.6 Å². The van der Waals surface area contributed by atoms with Gasteiger partial charge in [-0.3, -0.25) is 10.1 Å². The van der Waals surface area contributed by atoms with Gasteiger partial charge < -0.3 is 15.2 Å². The van der Waals surface area contributed by atoms with Crippen LogP contribution in [0.5, 0.6) is 5.75 Å². The van der Waals surface area contributed by atoms with E-state index in [1.807, 2.05) is 13.8 Å². The molecule has 9 heteroatoms. The topological polar surface area (TPSA) is 129 Å². The van der Waals surface area contributed by atoms with E-state index < -0.39 is 24.5 Å². The lowest BCUT2D eigenvalue weighted by molar-refractivity contribution is -0.123. The fourth-order valence-electron chi connectivity index (χ4n) is 2.08. The number of amides is 3. The molecule has 0 aromatic heterocycles. The third-order valence-electron chi connectivity index (χ3n) is 3.51. The molecule has 0 atom stereocenters. The van der Waals surface area contributed by atoms with Crippen molar-refractivity contribution in [2.24, 2.45) is 16.1 Å². The number of hydrogen-bond acceptors (Lipinski definition) is 7. The zero-order chi connectivity index (χ0) is 21.2. The van der Waals surface area contributed by atoms with Crippen molar-refractivity contribution >= 4 is 29.3 Å². The molecule has 0 aliphatic heterocycles. The van der Waals surface area contributed by atoms with Crippen LogP contribution in [0.15, 0.2) is 58.8 Å². The van der Waals surface area contributed by atoms with Crippen LogP contribution in [0.4, 0.5) is 16.2 Å². The average Bonchev–Trinajstić information content (AvgIpc) is 2.70. The fraction of sp³-hybridized carbons (Fsp3) is 0.250. The molecule has 0 saturated carbocycles. The molecule has 9 nitrogen and oxygen atoms in total. The Morgan fingerprint density at radius 2 is 1.72 bits per heavy atom. The average molecular weight is 398 g/mol. The number of imide groups is 1. The molecular weight excluding hydrogens is 376 g/mol. The normalized spacial score (nSPS) is 10.7. The van der Waals surface area contributed by atoms with Crippen LogP contribution in [0.2, 0.25) is 0 Å². The molecule has 0 saturated heterocycles. The Kier molecular flexibility index (Phi) is 7.84. The molecule has 0 fully saturated rings. The first-order valence-electron chi connectivity index (χ1n) is 8.89. The number of phenolic OH excluding ortho intramolecular Hbond substituents is 1. The number of benzene rings is 2. The summed E-state index contributed by atoms with van der Waals surface area (Å²) in [5, 5.41) is 21.9. The molecule has 2 aromatic carbocycles. The second-order valence-electron chi connectivity index (χ2n) is 6.46. The van der Waals surface area contributed by atoms with Gasteiger partial charge in [0.1, 0.15) is 11.4 Å². The first-order chi connectivity index (χ1) is 13.8. The van der Waals surface area contributed by atoms with Gasteiger partial charge in [-0.25, -0.2) is 9.59 Å². The van der Waals surface area contributed by atoms with Gasteiger partial charge in [0.2, 0.25) is 0 Å². The SMILES string of the molecule is CC(C)CNC(=O)NC(=O)COC(=O)c1ccccc1N=Nc1ccc(O)cc1. The standard InChI is InChI=1S/C20H22N4O5/c1-13(2)11-21-20(28)22-18(26)12-29-19(27)16-5-3-4-6-17(16)24-23-14-7-9-15(25)10-8-14/h3-10,13,25H,11-12H2,1-2H3,(H2,21,22,26,28). The van der Waals surface area contributed by atoms with Crippen molar-refractivity contribution in [1.29, 1.82) is 0 Å². The molecule has 3 N–H and O–H groups in total.